The second-order valence-corrected chi connectivity index (χ2v) is 5.69. The molecule has 0 spiro atoms. The molecule has 0 unspecified atom stereocenters. The first kappa shape index (κ1) is 15.6. The summed E-state index contributed by atoms with van der Waals surface area (Å²) < 4.78 is 0. The van der Waals surface area contributed by atoms with E-state index in [0.717, 1.165) is 4.90 Å². The molecule has 3 rings (SSSR count). The molecule has 2 aliphatic heterocycles. The highest BCUT2D eigenvalue weighted by molar-refractivity contribution is 6.23. The average molecular weight is 318 g/mol. The van der Waals surface area contributed by atoms with Gasteiger partial charge in [0, 0.05) is 7.05 Å². The molecule has 2 saturated heterocycles. The third-order valence-electron chi connectivity index (χ3n) is 4.03. The monoisotopic (exact) mass is 318 g/mol. The van der Waals surface area contributed by atoms with Crippen LogP contribution in [0.15, 0.2) is 30.3 Å². The van der Waals surface area contributed by atoms with Crippen molar-refractivity contribution in [2.75, 3.05) is 11.9 Å². The zero-order valence-corrected chi connectivity index (χ0v) is 12.8. The van der Waals surface area contributed by atoms with Crippen LogP contribution in [-0.2, 0) is 19.2 Å². The number of hydroxylamine groups is 2. The minimum atomic E-state index is -0.939. The Hall–Kier alpha value is -2.29. The fraction of sp³-hybridized carbons (Fsp3) is 0.400. The Morgan fingerprint density at radius 3 is 2.52 bits per heavy atom. The van der Waals surface area contributed by atoms with Crippen molar-refractivity contribution < 1.29 is 19.2 Å². The fourth-order valence-corrected chi connectivity index (χ4v) is 2.84. The standard InChI is InChI=1S/C15H18N4O4/c1-8(16)13(20)17-12-10-11(23-18(12)2)15(22)19(14(10)21)9-6-4-3-5-7-9/h3-8,10-12H,16H2,1-2H3,(H,17,20)/t8-,10+,11+,12+/m0/s1. The van der Waals surface area contributed by atoms with Crippen LogP contribution in [-0.4, -0.2) is 48.1 Å². The number of nitrogens with two attached hydrogens (primary N) is 1. The number of fused-ring (bicyclic) bond motifs is 1. The molecule has 4 atom stereocenters. The topological polar surface area (TPSA) is 105 Å². The van der Waals surface area contributed by atoms with Crippen molar-refractivity contribution in [2.24, 2.45) is 11.7 Å². The van der Waals surface area contributed by atoms with Crippen molar-refractivity contribution in [2.45, 2.75) is 25.2 Å². The molecule has 2 heterocycles. The van der Waals surface area contributed by atoms with Crippen LogP contribution < -0.4 is 16.0 Å². The van der Waals surface area contributed by atoms with Gasteiger partial charge in [0.05, 0.1) is 11.7 Å². The highest BCUT2D eigenvalue weighted by Crippen LogP contribution is 2.36. The first-order chi connectivity index (χ1) is 10.9. The van der Waals surface area contributed by atoms with Gasteiger partial charge in [-0.15, -0.1) is 0 Å². The van der Waals surface area contributed by atoms with Gasteiger partial charge >= 0.3 is 0 Å². The van der Waals surface area contributed by atoms with Crippen molar-refractivity contribution >= 4 is 23.4 Å². The summed E-state index contributed by atoms with van der Waals surface area (Å²) in [6, 6.07) is 7.91. The lowest BCUT2D eigenvalue weighted by atomic mass is 10.0. The number of amides is 3. The number of hydrogen-bond acceptors (Lipinski definition) is 6. The highest BCUT2D eigenvalue weighted by Gasteiger charge is 2.59. The van der Waals surface area contributed by atoms with Gasteiger partial charge in [-0.3, -0.25) is 19.2 Å². The summed E-state index contributed by atoms with van der Waals surface area (Å²) in [6.45, 7) is 1.54. The predicted molar refractivity (Wildman–Crippen MR) is 80.6 cm³/mol. The zero-order chi connectivity index (χ0) is 16.7. The molecule has 2 fully saturated rings. The predicted octanol–water partition coefficient (Wildman–Crippen LogP) is -0.789. The summed E-state index contributed by atoms with van der Waals surface area (Å²) in [5.41, 5.74) is 6.03. The molecule has 3 amide bonds. The maximum Gasteiger partial charge on any atom is 0.266 e. The maximum absolute atomic E-state index is 12.7. The molecular formula is C15H18N4O4. The Balaban J connectivity index is 1.88. The quantitative estimate of drug-likeness (QED) is 0.708. The van der Waals surface area contributed by atoms with Crippen molar-refractivity contribution in [1.82, 2.24) is 10.4 Å². The van der Waals surface area contributed by atoms with Crippen LogP contribution in [0.2, 0.25) is 0 Å². The van der Waals surface area contributed by atoms with Gasteiger partial charge in [0.2, 0.25) is 11.8 Å². The van der Waals surface area contributed by atoms with E-state index in [1.165, 1.54) is 5.06 Å². The largest absolute Gasteiger partial charge is 0.336 e. The van der Waals surface area contributed by atoms with Gasteiger partial charge in [-0.05, 0) is 19.1 Å². The number of rotatable bonds is 3. The highest BCUT2D eigenvalue weighted by atomic mass is 16.7. The average Bonchev–Trinajstić information content (AvgIpc) is 2.96. The van der Waals surface area contributed by atoms with E-state index in [0.29, 0.717) is 5.69 Å². The number of imide groups is 1. The van der Waals surface area contributed by atoms with E-state index >= 15 is 0 Å². The maximum atomic E-state index is 12.7. The van der Waals surface area contributed by atoms with Gasteiger partial charge in [0.15, 0.2) is 6.10 Å². The van der Waals surface area contributed by atoms with E-state index in [1.54, 1.807) is 44.3 Å². The van der Waals surface area contributed by atoms with E-state index in [-0.39, 0.29) is 0 Å². The van der Waals surface area contributed by atoms with E-state index in [4.69, 9.17) is 10.6 Å². The molecule has 0 aromatic heterocycles. The second-order valence-electron chi connectivity index (χ2n) is 5.69. The summed E-state index contributed by atoms with van der Waals surface area (Å²) in [6.07, 6.45) is -1.67. The van der Waals surface area contributed by atoms with E-state index in [1.807, 2.05) is 0 Å². The minimum absolute atomic E-state index is 0.398. The molecule has 8 nitrogen and oxygen atoms in total. The second kappa shape index (κ2) is 5.73. The fourth-order valence-electron chi connectivity index (χ4n) is 2.84. The molecule has 0 radical (unpaired) electrons. The van der Waals surface area contributed by atoms with E-state index in [2.05, 4.69) is 5.32 Å². The Labute approximate surface area is 133 Å². The summed E-state index contributed by atoms with van der Waals surface area (Å²) >= 11 is 0. The van der Waals surface area contributed by atoms with Crippen LogP contribution in [0.25, 0.3) is 0 Å². The van der Waals surface area contributed by atoms with Gasteiger partial charge < -0.3 is 11.1 Å². The molecule has 2 aliphatic rings. The van der Waals surface area contributed by atoms with Crippen molar-refractivity contribution in [3.63, 3.8) is 0 Å². The number of carbonyl (C=O) groups excluding carboxylic acids is 3. The molecular weight excluding hydrogens is 300 g/mol. The summed E-state index contributed by atoms with van der Waals surface area (Å²) in [4.78, 5) is 43.7. The van der Waals surface area contributed by atoms with Crippen LogP contribution in [0.1, 0.15) is 6.92 Å². The van der Waals surface area contributed by atoms with Crippen molar-refractivity contribution in [3.05, 3.63) is 30.3 Å². The molecule has 1 aromatic carbocycles. The van der Waals surface area contributed by atoms with Gasteiger partial charge in [-0.2, -0.15) is 5.06 Å². The number of nitrogens with one attached hydrogen (secondary N) is 1. The zero-order valence-electron chi connectivity index (χ0n) is 12.8. The van der Waals surface area contributed by atoms with Crippen LogP contribution in [0.3, 0.4) is 0 Å². The van der Waals surface area contributed by atoms with Crippen LogP contribution >= 0.6 is 0 Å². The lowest BCUT2D eigenvalue weighted by Gasteiger charge is -2.25. The van der Waals surface area contributed by atoms with Crippen LogP contribution in [0, 0.1) is 5.92 Å². The molecule has 3 N–H and O–H groups in total. The van der Waals surface area contributed by atoms with Gasteiger partial charge in [0.1, 0.15) is 12.1 Å². The Morgan fingerprint density at radius 2 is 1.91 bits per heavy atom. The molecule has 122 valence electrons. The van der Waals surface area contributed by atoms with Gasteiger partial charge in [-0.25, -0.2) is 4.90 Å². The SMILES string of the molecule is C[C@H](N)C(=O)N[C@H]1[C@@H]2C(=O)N(c3ccccc3)C(=O)[C@@H]2ON1C. The summed E-state index contributed by atoms with van der Waals surface area (Å²) in [5, 5.41) is 3.99. The minimum Gasteiger partial charge on any atom is -0.336 e. The first-order valence-corrected chi connectivity index (χ1v) is 7.30. The number of carbonyl (C=O) groups is 3. The smallest absolute Gasteiger partial charge is 0.266 e. The molecule has 1 aromatic rings. The Kier molecular flexibility index (Phi) is 3.88. The van der Waals surface area contributed by atoms with Crippen LogP contribution in [0.4, 0.5) is 5.69 Å². The third-order valence-corrected chi connectivity index (χ3v) is 4.03. The normalized spacial score (nSPS) is 28.8. The summed E-state index contributed by atoms with van der Waals surface area (Å²) in [5.74, 6) is -2.04. The van der Waals surface area contributed by atoms with E-state index < -0.39 is 42.0 Å². The lowest BCUT2D eigenvalue weighted by Crippen LogP contribution is -2.52. The van der Waals surface area contributed by atoms with Crippen LogP contribution in [0.5, 0.6) is 0 Å². The number of para-hydroxylation sites is 1. The van der Waals surface area contributed by atoms with Crippen molar-refractivity contribution in [3.8, 4) is 0 Å². The number of nitrogens with zero attached hydrogens (tertiary/aromatic N) is 2. The molecule has 8 heteroatoms. The van der Waals surface area contributed by atoms with Crippen molar-refractivity contribution in [1.29, 1.82) is 0 Å². The molecule has 0 saturated carbocycles. The number of hydrogen-bond donors (Lipinski definition) is 2. The molecule has 0 aliphatic carbocycles. The molecule has 0 bridgehead atoms. The number of anilines is 1. The van der Waals surface area contributed by atoms with E-state index in [9.17, 15) is 14.4 Å². The Morgan fingerprint density at radius 1 is 1.26 bits per heavy atom. The van der Waals surface area contributed by atoms with Gasteiger partial charge in [0.25, 0.3) is 5.91 Å². The molecule has 23 heavy (non-hydrogen) atoms. The Bertz CT molecular complexity index is 648. The van der Waals surface area contributed by atoms with Gasteiger partial charge in [-0.1, -0.05) is 18.2 Å². The third kappa shape index (κ3) is 2.50. The lowest BCUT2D eigenvalue weighted by molar-refractivity contribution is -0.163. The first-order valence-electron chi connectivity index (χ1n) is 7.30. The number of benzene rings is 1. The summed E-state index contributed by atoms with van der Waals surface area (Å²) in [7, 11) is 1.57.